The predicted molar refractivity (Wildman–Crippen MR) is 68.7 cm³/mol. The molecule has 17 heavy (non-hydrogen) atoms. The molecule has 3 nitrogen and oxygen atoms in total. The summed E-state index contributed by atoms with van der Waals surface area (Å²) in [6.45, 7) is 7.30. The molecule has 0 radical (unpaired) electrons. The largest absolute Gasteiger partial charge is 0.482 e. The summed E-state index contributed by atoms with van der Waals surface area (Å²) in [6, 6.07) is 6.13. The van der Waals surface area contributed by atoms with Crippen molar-refractivity contribution < 1.29 is 9.53 Å². The third-order valence-corrected chi connectivity index (χ3v) is 3.04. The molecule has 1 amide bonds. The van der Waals surface area contributed by atoms with Gasteiger partial charge in [-0.05, 0) is 30.0 Å². The van der Waals surface area contributed by atoms with E-state index in [0.717, 1.165) is 24.4 Å². The van der Waals surface area contributed by atoms with E-state index in [0.29, 0.717) is 5.92 Å². The zero-order valence-electron chi connectivity index (χ0n) is 10.7. The molecule has 0 aliphatic carbocycles. The number of amides is 1. The molecule has 0 bridgehead atoms. The van der Waals surface area contributed by atoms with E-state index in [4.69, 9.17) is 4.74 Å². The fourth-order valence-electron chi connectivity index (χ4n) is 2.05. The van der Waals surface area contributed by atoms with Gasteiger partial charge in [0.25, 0.3) is 5.91 Å². The number of rotatable bonds is 3. The van der Waals surface area contributed by atoms with Gasteiger partial charge >= 0.3 is 0 Å². The average Bonchev–Trinajstić information content (AvgIpc) is 2.32. The first-order valence-electron chi connectivity index (χ1n) is 6.20. The van der Waals surface area contributed by atoms with Crippen LogP contribution in [0.3, 0.4) is 0 Å². The van der Waals surface area contributed by atoms with Crippen LogP contribution >= 0.6 is 0 Å². The smallest absolute Gasteiger partial charge is 0.265 e. The quantitative estimate of drug-likeness (QED) is 0.803. The number of hydrogen-bond donors (Lipinski definition) is 0. The number of anilines is 1. The van der Waals surface area contributed by atoms with E-state index in [1.807, 2.05) is 11.0 Å². The average molecular weight is 233 g/mol. The van der Waals surface area contributed by atoms with Crippen molar-refractivity contribution >= 4 is 11.6 Å². The predicted octanol–water partition coefficient (Wildman–Crippen LogP) is 2.95. The fourth-order valence-corrected chi connectivity index (χ4v) is 2.05. The van der Waals surface area contributed by atoms with Crippen LogP contribution in [0.4, 0.5) is 5.69 Å². The highest BCUT2D eigenvalue weighted by Crippen LogP contribution is 2.34. The summed E-state index contributed by atoms with van der Waals surface area (Å²) in [4.78, 5) is 13.6. The number of fused-ring (bicyclic) bond motifs is 1. The van der Waals surface area contributed by atoms with Gasteiger partial charge in [0.1, 0.15) is 5.75 Å². The molecule has 1 aliphatic heterocycles. The number of carbonyl (C=O) groups excluding carboxylic acids is 1. The molecule has 92 valence electrons. The second-order valence-electron chi connectivity index (χ2n) is 4.72. The number of hydrogen-bond acceptors (Lipinski definition) is 2. The summed E-state index contributed by atoms with van der Waals surface area (Å²) < 4.78 is 5.51. The molecule has 0 N–H and O–H groups in total. The summed E-state index contributed by atoms with van der Waals surface area (Å²) in [5.74, 6) is 1.36. The van der Waals surface area contributed by atoms with Crippen LogP contribution < -0.4 is 9.64 Å². The van der Waals surface area contributed by atoms with Crippen molar-refractivity contribution in [2.75, 3.05) is 18.1 Å². The van der Waals surface area contributed by atoms with E-state index < -0.39 is 0 Å². The first-order chi connectivity index (χ1) is 8.13. The van der Waals surface area contributed by atoms with Crippen LogP contribution in [0.2, 0.25) is 0 Å². The van der Waals surface area contributed by atoms with Crippen molar-refractivity contribution in [2.24, 2.45) is 0 Å². The Balaban J connectivity index is 2.37. The lowest BCUT2D eigenvalue weighted by Gasteiger charge is -2.29. The standard InChI is InChI=1S/C14H19NO2/c1-4-7-15-12-6-5-11(10(2)3)8-13(12)17-9-14(15)16/h5-6,8,10H,4,7,9H2,1-3H3. The Morgan fingerprint density at radius 2 is 2.18 bits per heavy atom. The molecule has 1 heterocycles. The first kappa shape index (κ1) is 12.0. The summed E-state index contributed by atoms with van der Waals surface area (Å²) in [7, 11) is 0. The maximum Gasteiger partial charge on any atom is 0.265 e. The van der Waals surface area contributed by atoms with Crippen molar-refractivity contribution in [3.63, 3.8) is 0 Å². The molecular weight excluding hydrogens is 214 g/mol. The van der Waals surface area contributed by atoms with Crippen LogP contribution in [0, 0.1) is 0 Å². The zero-order valence-corrected chi connectivity index (χ0v) is 10.7. The molecule has 1 aliphatic rings. The number of benzene rings is 1. The molecule has 3 heteroatoms. The van der Waals surface area contributed by atoms with Gasteiger partial charge in [-0.3, -0.25) is 4.79 Å². The number of carbonyl (C=O) groups is 1. The Bertz CT molecular complexity index is 426. The highest BCUT2D eigenvalue weighted by molar-refractivity contribution is 5.97. The first-order valence-corrected chi connectivity index (χ1v) is 6.20. The van der Waals surface area contributed by atoms with Gasteiger partial charge in [-0.2, -0.15) is 0 Å². The third-order valence-electron chi connectivity index (χ3n) is 3.04. The third kappa shape index (κ3) is 2.28. The zero-order chi connectivity index (χ0) is 12.4. The molecule has 0 spiro atoms. The van der Waals surface area contributed by atoms with Gasteiger partial charge in [0.15, 0.2) is 6.61 Å². The Hall–Kier alpha value is -1.51. The Morgan fingerprint density at radius 3 is 2.82 bits per heavy atom. The van der Waals surface area contributed by atoms with Gasteiger partial charge in [-0.25, -0.2) is 0 Å². The molecular formula is C14H19NO2. The van der Waals surface area contributed by atoms with Crippen molar-refractivity contribution in [1.29, 1.82) is 0 Å². The molecule has 0 aromatic heterocycles. The van der Waals surface area contributed by atoms with Gasteiger partial charge in [-0.15, -0.1) is 0 Å². The molecule has 0 saturated carbocycles. The molecule has 0 fully saturated rings. The van der Waals surface area contributed by atoms with E-state index in [1.165, 1.54) is 5.56 Å². The van der Waals surface area contributed by atoms with E-state index >= 15 is 0 Å². The van der Waals surface area contributed by atoms with Gasteiger partial charge in [0.2, 0.25) is 0 Å². The maximum atomic E-state index is 11.8. The SMILES string of the molecule is CCCN1C(=O)COc2cc(C(C)C)ccc21. The van der Waals surface area contributed by atoms with Crippen molar-refractivity contribution in [2.45, 2.75) is 33.1 Å². The topological polar surface area (TPSA) is 29.5 Å². The monoisotopic (exact) mass is 233 g/mol. The summed E-state index contributed by atoms with van der Waals surface area (Å²) in [6.07, 6.45) is 0.955. The fraction of sp³-hybridized carbons (Fsp3) is 0.500. The normalized spacial score (nSPS) is 14.8. The van der Waals surface area contributed by atoms with E-state index in [-0.39, 0.29) is 12.5 Å². The van der Waals surface area contributed by atoms with Gasteiger partial charge in [0, 0.05) is 6.54 Å². The van der Waals surface area contributed by atoms with E-state index in [9.17, 15) is 4.79 Å². The second kappa shape index (κ2) is 4.78. The van der Waals surface area contributed by atoms with Crippen LogP contribution in [0.25, 0.3) is 0 Å². The van der Waals surface area contributed by atoms with Crippen molar-refractivity contribution in [3.05, 3.63) is 23.8 Å². The molecule has 1 aromatic carbocycles. The summed E-state index contributed by atoms with van der Waals surface area (Å²) >= 11 is 0. The van der Waals surface area contributed by atoms with Crippen molar-refractivity contribution in [3.8, 4) is 5.75 Å². The minimum Gasteiger partial charge on any atom is -0.482 e. The van der Waals surface area contributed by atoms with Crippen LogP contribution in [-0.4, -0.2) is 19.1 Å². The lowest BCUT2D eigenvalue weighted by atomic mass is 10.0. The minimum absolute atomic E-state index is 0.0525. The van der Waals surface area contributed by atoms with E-state index in [1.54, 1.807) is 0 Å². The lowest BCUT2D eigenvalue weighted by molar-refractivity contribution is -0.121. The van der Waals surface area contributed by atoms with E-state index in [2.05, 4.69) is 32.9 Å². The number of ether oxygens (including phenoxy) is 1. The van der Waals surface area contributed by atoms with Crippen LogP contribution in [0.15, 0.2) is 18.2 Å². The van der Waals surface area contributed by atoms with Gasteiger partial charge in [-0.1, -0.05) is 26.8 Å². The maximum absolute atomic E-state index is 11.8. The Kier molecular flexibility index (Phi) is 3.36. The Morgan fingerprint density at radius 1 is 1.41 bits per heavy atom. The van der Waals surface area contributed by atoms with Gasteiger partial charge in [0.05, 0.1) is 5.69 Å². The number of nitrogens with zero attached hydrogens (tertiary/aromatic N) is 1. The molecule has 0 unspecified atom stereocenters. The molecule has 0 saturated heterocycles. The highest BCUT2D eigenvalue weighted by atomic mass is 16.5. The van der Waals surface area contributed by atoms with Crippen LogP contribution in [0.1, 0.15) is 38.7 Å². The molecule has 2 rings (SSSR count). The highest BCUT2D eigenvalue weighted by Gasteiger charge is 2.24. The van der Waals surface area contributed by atoms with Crippen molar-refractivity contribution in [1.82, 2.24) is 0 Å². The van der Waals surface area contributed by atoms with Gasteiger partial charge < -0.3 is 9.64 Å². The minimum atomic E-state index is 0.0525. The molecule has 1 aromatic rings. The lowest BCUT2D eigenvalue weighted by Crippen LogP contribution is -2.39. The second-order valence-corrected chi connectivity index (χ2v) is 4.72. The van der Waals surface area contributed by atoms with Crippen LogP contribution in [0.5, 0.6) is 5.75 Å². The summed E-state index contributed by atoms with van der Waals surface area (Å²) in [5, 5.41) is 0. The Labute approximate surface area is 102 Å². The van der Waals surface area contributed by atoms with Crippen LogP contribution in [-0.2, 0) is 4.79 Å². The molecule has 0 atom stereocenters. The summed E-state index contributed by atoms with van der Waals surface area (Å²) in [5.41, 5.74) is 2.15.